The second-order valence-electron chi connectivity index (χ2n) is 3.04. The molecule has 0 aromatic carbocycles. The zero-order chi connectivity index (χ0) is 10.8. The average molecular weight is 398 g/mol. The topological polar surface area (TPSA) is 25.2 Å². The van der Waals surface area contributed by atoms with E-state index in [0.29, 0.717) is 0 Å². The van der Waals surface area contributed by atoms with Crippen LogP contribution < -0.4 is 5.32 Å². The molecule has 5 heteroatoms. The number of hydrogen-bond donors (Lipinski definition) is 1. The summed E-state index contributed by atoms with van der Waals surface area (Å²) in [7, 11) is 1.93. The predicted octanol–water partition coefficient (Wildman–Crippen LogP) is 4.02. The smallest absolute Gasteiger partial charge is 0.139 e. The third kappa shape index (κ3) is 2.46. The van der Waals surface area contributed by atoms with Crippen LogP contribution in [0.15, 0.2) is 32.7 Å². The fourth-order valence-electron chi connectivity index (χ4n) is 1.44. The van der Waals surface area contributed by atoms with Gasteiger partial charge < -0.3 is 9.73 Å². The third-order valence-electron chi connectivity index (χ3n) is 2.12. The van der Waals surface area contributed by atoms with Crippen molar-refractivity contribution in [3.05, 3.63) is 42.5 Å². The van der Waals surface area contributed by atoms with E-state index in [2.05, 4.69) is 55.3 Å². The van der Waals surface area contributed by atoms with Crippen molar-refractivity contribution in [3.63, 3.8) is 0 Å². The Balaban J connectivity index is 2.36. The third-order valence-corrected chi connectivity index (χ3v) is 4.58. The number of halogens is 2. The van der Waals surface area contributed by atoms with E-state index >= 15 is 0 Å². The van der Waals surface area contributed by atoms with Crippen molar-refractivity contribution in [2.45, 2.75) is 6.04 Å². The molecule has 0 bridgehead atoms. The normalized spacial score (nSPS) is 13.0. The summed E-state index contributed by atoms with van der Waals surface area (Å²) in [6, 6.07) is 4.20. The van der Waals surface area contributed by atoms with Gasteiger partial charge in [0.25, 0.3) is 0 Å². The zero-order valence-electron chi connectivity index (χ0n) is 7.96. The fourth-order valence-corrected chi connectivity index (χ4v) is 3.26. The van der Waals surface area contributed by atoms with Crippen LogP contribution in [-0.2, 0) is 0 Å². The Morgan fingerprint density at radius 2 is 2.40 bits per heavy atom. The van der Waals surface area contributed by atoms with E-state index in [9.17, 15) is 0 Å². The van der Waals surface area contributed by atoms with Crippen LogP contribution in [0.2, 0.25) is 0 Å². The molecule has 0 aliphatic rings. The van der Waals surface area contributed by atoms with Crippen molar-refractivity contribution in [2.75, 3.05) is 7.05 Å². The molecule has 0 aliphatic carbocycles. The molecule has 2 aromatic heterocycles. The highest BCUT2D eigenvalue weighted by Crippen LogP contribution is 2.31. The summed E-state index contributed by atoms with van der Waals surface area (Å²) in [5.41, 5.74) is 1.24. The van der Waals surface area contributed by atoms with Crippen molar-refractivity contribution in [1.82, 2.24) is 5.32 Å². The van der Waals surface area contributed by atoms with E-state index in [4.69, 9.17) is 4.42 Å². The van der Waals surface area contributed by atoms with Gasteiger partial charge in [0.15, 0.2) is 0 Å². The minimum absolute atomic E-state index is 0.120. The van der Waals surface area contributed by atoms with Gasteiger partial charge in [0.05, 0.1) is 19.7 Å². The minimum Gasteiger partial charge on any atom is -0.466 e. The lowest BCUT2D eigenvalue weighted by atomic mass is 10.1. The highest BCUT2D eigenvalue weighted by molar-refractivity contribution is 14.1. The molecule has 2 rings (SSSR count). The minimum atomic E-state index is 0.120. The second-order valence-corrected chi connectivity index (χ2v) is 6.70. The lowest BCUT2D eigenvalue weighted by molar-refractivity contribution is 0.461. The molecule has 0 radical (unpaired) electrons. The molecular weight excluding hydrogens is 389 g/mol. The summed E-state index contributed by atoms with van der Waals surface area (Å²) in [5.74, 6) is 0.923. The number of thiophene rings is 1. The summed E-state index contributed by atoms with van der Waals surface area (Å²) in [6.45, 7) is 0. The number of nitrogens with one attached hydrogen (secondary N) is 1. The Morgan fingerprint density at radius 3 is 2.87 bits per heavy atom. The molecule has 1 N–H and O–H groups in total. The van der Waals surface area contributed by atoms with Gasteiger partial charge in [-0.1, -0.05) is 0 Å². The van der Waals surface area contributed by atoms with Crippen molar-refractivity contribution in [2.24, 2.45) is 0 Å². The quantitative estimate of drug-likeness (QED) is 0.791. The van der Waals surface area contributed by atoms with E-state index in [1.807, 2.05) is 13.1 Å². The predicted molar refractivity (Wildman–Crippen MR) is 74.3 cm³/mol. The van der Waals surface area contributed by atoms with Gasteiger partial charge in [-0.2, -0.15) is 0 Å². The highest BCUT2D eigenvalue weighted by Gasteiger charge is 2.19. The van der Waals surface area contributed by atoms with Crippen LogP contribution in [0.4, 0.5) is 0 Å². The Labute approximate surface area is 114 Å². The molecule has 0 aliphatic heterocycles. The molecule has 15 heavy (non-hydrogen) atoms. The van der Waals surface area contributed by atoms with Crippen molar-refractivity contribution in [1.29, 1.82) is 0 Å². The molecule has 2 aromatic rings. The van der Waals surface area contributed by atoms with Crippen molar-refractivity contribution < 1.29 is 4.42 Å². The van der Waals surface area contributed by atoms with Crippen molar-refractivity contribution in [3.8, 4) is 0 Å². The Morgan fingerprint density at radius 1 is 1.60 bits per heavy atom. The second kappa shape index (κ2) is 4.99. The maximum Gasteiger partial charge on any atom is 0.139 e. The first-order valence-corrected chi connectivity index (χ1v) is 7.11. The van der Waals surface area contributed by atoms with Crippen LogP contribution in [0.1, 0.15) is 17.4 Å². The lowest BCUT2D eigenvalue weighted by Crippen LogP contribution is -2.16. The van der Waals surface area contributed by atoms with E-state index < -0.39 is 0 Å². The van der Waals surface area contributed by atoms with E-state index in [0.717, 1.165) is 10.2 Å². The maximum atomic E-state index is 5.47. The molecule has 0 saturated carbocycles. The molecule has 0 amide bonds. The summed E-state index contributed by atoms with van der Waals surface area (Å²) >= 11 is 7.55. The van der Waals surface area contributed by atoms with Gasteiger partial charge in [0, 0.05) is 0 Å². The number of rotatable bonds is 3. The molecule has 0 spiro atoms. The summed E-state index contributed by atoms with van der Waals surface area (Å²) in [5, 5.41) is 5.41. The van der Waals surface area contributed by atoms with Crippen LogP contribution >= 0.6 is 49.9 Å². The van der Waals surface area contributed by atoms with E-state index in [1.165, 1.54) is 8.45 Å². The molecule has 2 heterocycles. The van der Waals surface area contributed by atoms with Gasteiger partial charge >= 0.3 is 0 Å². The van der Waals surface area contributed by atoms with Gasteiger partial charge in [0.1, 0.15) is 5.76 Å². The van der Waals surface area contributed by atoms with Crippen LogP contribution in [0.25, 0.3) is 0 Å². The van der Waals surface area contributed by atoms with Gasteiger partial charge in [-0.3, -0.25) is 0 Å². The summed E-state index contributed by atoms with van der Waals surface area (Å²) in [6.07, 6.45) is 1.70. The lowest BCUT2D eigenvalue weighted by Gasteiger charge is -2.12. The molecular formula is C10H9BrINOS. The first-order valence-electron chi connectivity index (χ1n) is 4.36. The summed E-state index contributed by atoms with van der Waals surface area (Å²) in [4.78, 5) is 0. The molecule has 2 nitrogen and oxygen atoms in total. The largest absolute Gasteiger partial charge is 0.466 e. The average Bonchev–Trinajstić information content (AvgIpc) is 2.79. The maximum absolute atomic E-state index is 5.47. The fraction of sp³-hybridized carbons (Fsp3) is 0.200. The van der Waals surface area contributed by atoms with E-state index in [-0.39, 0.29) is 6.04 Å². The van der Waals surface area contributed by atoms with E-state index in [1.54, 1.807) is 17.6 Å². The standard InChI is InChI=1S/C10H9BrINOS/c1-13-9(6-4-8(12)15-5-6)10-7(11)2-3-14-10/h2-5,9,13H,1H3. The molecule has 0 saturated heterocycles. The van der Waals surface area contributed by atoms with Gasteiger partial charge in [-0.05, 0) is 68.6 Å². The Hall–Kier alpha value is 0.150. The molecule has 80 valence electrons. The monoisotopic (exact) mass is 397 g/mol. The first-order chi connectivity index (χ1) is 7.22. The Bertz CT molecular complexity index is 454. The van der Waals surface area contributed by atoms with Crippen LogP contribution in [-0.4, -0.2) is 7.05 Å². The van der Waals surface area contributed by atoms with Gasteiger partial charge in [-0.25, -0.2) is 0 Å². The zero-order valence-corrected chi connectivity index (χ0v) is 12.5. The number of furan rings is 1. The highest BCUT2D eigenvalue weighted by atomic mass is 127. The first kappa shape index (κ1) is 11.6. The SMILES string of the molecule is CNC(c1csc(I)c1)c1occc1Br. The molecule has 0 fully saturated rings. The van der Waals surface area contributed by atoms with Gasteiger partial charge in [-0.15, -0.1) is 11.3 Å². The Kier molecular flexibility index (Phi) is 3.87. The van der Waals surface area contributed by atoms with Crippen LogP contribution in [0, 0.1) is 2.88 Å². The summed E-state index contributed by atoms with van der Waals surface area (Å²) < 4.78 is 7.76. The van der Waals surface area contributed by atoms with Crippen molar-refractivity contribution >= 4 is 49.9 Å². The number of hydrogen-bond acceptors (Lipinski definition) is 3. The molecule has 1 unspecified atom stereocenters. The van der Waals surface area contributed by atoms with Gasteiger partial charge in [0.2, 0.25) is 0 Å². The van der Waals surface area contributed by atoms with Crippen LogP contribution in [0.5, 0.6) is 0 Å². The van der Waals surface area contributed by atoms with Crippen LogP contribution in [0.3, 0.4) is 0 Å². The molecule has 1 atom stereocenters.